The van der Waals surface area contributed by atoms with Crippen LogP contribution >= 0.6 is 0 Å². The average molecular weight is 491 g/mol. The molecule has 3 aliphatic rings. The Bertz CT molecular complexity index is 1370. The molecule has 4 N–H and O–H groups in total. The van der Waals surface area contributed by atoms with Crippen LogP contribution in [0.25, 0.3) is 0 Å². The number of aromatic hydroxyl groups is 1. The van der Waals surface area contributed by atoms with Gasteiger partial charge in [0, 0.05) is 11.5 Å². The van der Waals surface area contributed by atoms with Crippen molar-refractivity contribution in [3.63, 3.8) is 0 Å². The van der Waals surface area contributed by atoms with Crippen molar-refractivity contribution in [1.29, 1.82) is 0 Å². The van der Waals surface area contributed by atoms with Gasteiger partial charge in [0.1, 0.15) is 5.75 Å². The Morgan fingerprint density at radius 3 is 2.25 bits per heavy atom. The molecule has 1 amide bonds. The number of phenolic OH excluding ortho intramolecular Hbond substituents is 1. The number of rotatable bonds is 2. The quantitative estimate of drug-likeness (QED) is 0.374. The molecule has 9 heteroatoms. The Labute approximate surface area is 208 Å². The first kappa shape index (κ1) is 25.3. The number of Topliss-reactive ketones (excluding diaryl/α,β-unsaturated/α-hetero) is 4. The van der Waals surface area contributed by atoms with E-state index >= 15 is 0 Å². The fourth-order valence-electron chi connectivity index (χ4n) is 6.15. The zero-order valence-electron chi connectivity index (χ0n) is 20.3. The summed E-state index contributed by atoms with van der Waals surface area (Å²) in [6.07, 6.45) is 0.142. The molecule has 186 valence electrons. The highest BCUT2D eigenvalue weighted by molar-refractivity contribution is 6.32. The average Bonchev–Trinajstić information content (AvgIpc) is 2.79. The Hall–Kier alpha value is -3.79. The molecule has 0 aromatic heterocycles. The molecule has 1 aromatic carbocycles. The number of ketones is 4. The fourth-order valence-corrected chi connectivity index (χ4v) is 6.15. The van der Waals surface area contributed by atoms with Crippen molar-refractivity contribution in [3.8, 4) is 29.4 Å². The van der Waals surface area contributed by atoms with Crippen molar-refractivity contribution in [2.45, 2.75) is 38.3 Å². The lowest BCUT2D eigenvalue weighted by molar-refractivity contribution is -0.181. The van der Waals surface area contributed by atoms with E-state index in [0.717, 1.165) is 0 Å². The lowest BCUT2D eigenvalue weighted by Crippen LogP contribution is -2.74. The predicted molar refractivity (Wildman–Crippen MR) is 126 cm³/mol. The van der Waals surface area contributed by atoms with Crippen molar-refractivity contribution in [1.82, 2.24) is 4.90 Å². The van der Waals surface area contributed by atoms with E-state index in [9.17, 15) is 34.2 Å². The highest BCUT2D eigenvalue weighted by Crippen LogP contribution is 2.51. The van der Waals surface area contributed by atoms with E-state index in [1.807, 2.05) is 0 Å². The molecule has 0 spiro atoms. The van der Waals surface area contributed by atoms with Crippen molar-refractivity contribution in [2.24, 2.45) is 29.4 Å². The number of nitrogens with two attached hydrogens (primary N) is 1. The number of carbonyl (C=O) groups excluding carboxylic acids is 5. The van der Waals surface area contributed by atoms with Crippen molar-refractivity contribution in [2.75, 3.05) is 14.1 Å². The predicted octanol–water partition coefficient (Wildman–Crippen LogP) is -0.390. The number of fused-ring (bicyclic) bond motifs is 3. The first-order valence-corrected chi connectivity index (χ1v) is 11.5. The van der Waals surface area contributed by atoms with Gasteiger partial charge in [0.25, 0.3) is 0 Å². The Morgan fingerprint density at radius 2 is 1.69 bits per heavy atom. The number of phenols is 1. The molecule has 2 fully saturated rings. The van der Waals surface area contributed by atoms with Gasteiger partial charge in [0.2, 0.25) is 5.91 Å². The summed E-state index contributed by atoms with van der Waals surface area (Å²) in [5.74, 6) is 0.254. The highest BCUT2D eigenvalue weighted by atomic mass is 16.3. The number of hydrogen-bond acceptors (Lipinski definition) is 8. The van der Waals surface area contributed by atoms with Gasteiger partial charge in [0.15, 0.2) is 34.7 Å². The summed E-state index contributed by atoms with van der Waals surface area (Å²) in [5.41, 5.74) is 3.57. The Balaban J connectivity index is 1.93. The number of nitrogens with zero attached hydrogens (tertiary/aromatic N) is 1. The molecular formula is C27H26N2O7. The van der Waals surface area contributed by atoms with Crippen LogP contribution in [0.2, 0.25) is 0 Å². The third kappa shape index (κ3) is 3.31. The van der Waals surface area contributed by atoms with Crippen LogP contribution < -0.4 is 5.73 Å². The minimum absolute atomic E-state index is 0.0137. The first-order chi connectivity index (χ1) is 16.9. The maximum atomic E-state index is 13.8. The van der Waals surface area contributed by atoms with Gasteiger partial charge >= 0.3 is 0 Å². The Morgan fingerprint density at radius 1 is 1.08 bits per heavy atom. The molecule has 6 atom stereocenters. The summed E-state index contributed by atoms with van der Waals surface area (Å²) in [7, 11) is 3.08. The number of likely N-dealkylation sites (N-methyl/N-ethyl adjacent to an activating group) is 1. The number of hydrogen-bond donors (Lipinski definition) is 3. The van der Waals surface area contributed by atoms with Crippen LogP contribution in [0.5, 0.6) is 5.75 Å². The number of primary amides is 1. The summed E-state index contributed by atoms with van der Waals surface area (Å²) in [6.45, 7) is 3.19. The van der Waals surface area contributed by atoms with E-state index in [-0.39, 0.29) is 24.0 Å². The van der Waals surface area contributed by atoms with E-state index in [0.29, 0.717) is 11.1 Å². The van der Waals surface area contributed by atoms with E-state index in [2.05, 4.69) is 23.7 Å². The Kier molecular flexibility index (Phi) is 6.12. The third-order valence-corrected chi connectivity index (χ3v) is 7.58. The van der Waals surface area contributed by atoms with Crippen LogP contribution in [0.1, 0.15) is 47.3 Å². The monoisotopic (exact) mass is 490 g/mol. The highest BCUT2D eigenvalue weighted by Gasteiger charge is 2.69. The van der Waals surface area contributed by atoms with Crippen LogP contribution in [0.3, 0.4) is 0 Å². The number of aliphatic hydroxyl groups is 1. The zero-order chi connectivity index (χ0) is 26.7. The van der Waals surface area contributed by atoms with Crippen LogP contribution in [0.4, 0.5) is 0 Å². The second kappa shape index (κ2) is 8.70. The molecule has 3 aliphatic carbocycles. The molecule has 0 radical (unpaired) electrons. The number of benzene rings is 1. The second-order valence-electron chi connectivity index (χ2n) is 9.71. The van der Waals surface area contributed by atoms with Gasteiger partial charge in [-0.15, -0.1) is 11.8 Å². The molecule has 0 saturated heterocycles. The summed E-state index contributed by atoms with van der Waals surface area (Å²) < 4.78 is 0. The van der Waals surface area contributed by atoms with Crippen LogP contribution in [0.15, 0.2) is 6.07 Å². The van der Waals surface area contributed by atoms with Crippen molar-refractivity contribution < 1.29 is 34.2 Å². The smallest absolute Gasteiger partial charge is 0.235 e. The standard InChI is InChI=1S/C27H26N2O7/c1-5-7-12-9-13(8-6-2)21(30)18-15(12)10-14-11-16-20(29(3)4)23(32)19(26(28)35)25(34)27(16,36)24(33)17(14)22(18)31/h9,14,16-17,19-20,30,36H,10-11H2,1-4H3,(H2,28,35)/t14-,16-,17?,19?,20-,27-/m1/s1. The lowest BCUT2D eigenvalue weighted by atomic mass is 9.52. The molecule has 36 heavy (non-hydrogen) atoms. The largest absolute Gasteiger partial charge is 0.506 e. The molecule has 9 nitrogen and oxygen atoms in total. The molecular weight excluding hydrogens is 464 g/mol. The van der Waals surface area contributed by atoms with E-state index in [4.69, 9.17) is 5.73 Å². The van der Waals surface area contributed by atoms with E-state index in [1.165, 1.54) is 19.0 Å². The summed E-state index contributed by atoms with van der Waals surface area (Å²) in [6, 6.07) is 0.445. The van der Waals surface area contributed by atoms with E-state index < -0.39 is 70.1 Å². The van der Waals surface area contributed by atoms with Crippen LogP contribution in [-0.2, 0) is 25.6 Å². The van der Waals surface area contributed by atoms with Gasteiger partial charge in [-0.2, -0.15) is 0 Å². The number of carbonyl (C=O) groups is 5. The first-order valence-electron chi connectivity index (χ1n) is 11.5. The molecule has 0 bridgehead atoms. The molecule has 0 aliphatic heterocycles. The number of amides is 1. The van der Waals surface area contributed by atoms with E-state index in [1.54, 1.807) is 19.9 Å². The molecule has 2 unspecified atom stereocenters. The van der Waals surface area contributed by atoms with Crippen molar-refractivity contribution >= 4 is 29.0 Å². The maximum absolute atomic E-state index is 13.8. The molecule has 0 heterocycles. The second-order valence-corrected chi connectivity index (χ2v) is 9.71. The maximum Gasteiger partial charge on any atom is 0.235 e. The summed E-state index contributed by atoms with van der Waals surface area (Å²) in [4.78, 5) is 67.4. The topological polar surface area (TPSA) is 155 Å². The third-order valence-electron chi connectivity index (χ3n) is 7.58. The molecule has 2 saturated carbocycles. The fraction of sp³-hybridized carbons (Fsp3) is 0.444. The van der Waals surface area contributed by atoms with Gasteiger partial charge in [0.05, 0.1) is 23.1 Å². The normalized spacial score (nSPS) is 30.9. The minimum atomic E-state index is -2.75. The molecule has 1 aromatic rings. The van der Waals surface area contributed by atoms with Gasteiger partial charge in [-0.05, 0) is 58.3 Å². The van der Waals surface area contributed by atoms with Crippen LogP contribution in [-0.4, -0.2) is 69.9 Å². The lowest BCUT2D eigenvalue weighted by Gasteiger charge is -2.52. The molecule has 4 rings (SSSR count). The van der Waals surface area contributed by atoms with Crippen molar-refractivity contribution in [3.05, 3.63) is 28.3 Å². The SMILES string of the molecule is CC#Cc1cc(C#CC)c2c(c1O)C(=O)C1C(=O)[C@@]3(O)C(=O)C(C(N)=O)C(=O)[C@H](N(C)C)[C@H]3C[C@H]1C2. The van der Waals surface area contributed by atoms with Gasteiger partial charge in [-0.3, -0.25) is 28.9 Å². The summed E-state index contributed by atoms with van der Waals surface area (Å²) in [5, 5.41) is 22.5. The zero-order valence-corrected chi connectivity index (χ0v) is 20.3. The van der Waals surface area contributed by atoms with Crippen LogP contribution in [0, 0.1) is 47.4 Å². The van der Waals surface area contributed by atoms with Gasteiger partial charge < -0.3 is 15.9 Å². The van der Waals surface area contributed by atoms with Gasteiger partial charge in [-0.1, -0.05) is 11.8 Å². The summed E-state index contributed by atoms with van der Waals surface area (Å²) >= 11 is 0. The van der Waals surface area contributed by atoms with Gasteiger partial charge in [-0.25, -0.2) is 0 Å². The minimum Gasteiger partial charge on any atom is -0.506 e.